The summed E-state index contributed by atoms with van der Waals surface area (Å²) in [7, 11) is 0. The van der Waals surface area contributed by atoms with Gasteiger partial charge in [-0.1, -0.05) is 19.8 Å². The molecule has 1 unspecified atom stereocenters. The fraction of sp³-hybridized carbons (Fsp3) is 1.00. The topological polar surface area (TPSA) is 35.5 Å². The zero-order valence-electron chi connectivity index (χ0n) is 10.0. The molecule has 3 nitrogen and oxygen atoms in total. The van der Waals surface area contributed by atoms with Crippen molar-refractivity contribution in [3.8, 4) is 0 Å². The molecule has 1 atom stereocenters. The standard InChI is InChI=1S/C12H26N2O/c1-2-7-13-10-12(15)11-14-8-5-3-4-6-9-14/h12-13,15H,2-11H2,1H3. The molecule has 1 aliphatic rings. The molecular formula is C12H26N2O. The third kappa shape index (κ3) is 6.13. The normalized spacial score (nSPS) is 21.2. The zero-order valence-corrected chi connectivity index (χ0v) is 10.0. The monoisotopic (exact) mass is 214 g/mol. The Morgan fingerprint density at radius 1 is 1.20 bits per heavy atom. The van der Waals surface area contributed by atoms with Crippen molar-refractivity contribution in [2.75, 3.05) is 32.7 Å². The third-order valence-corrected chi connectivity index (χ3v) is 2.97. The van der Waals surface area contributed by atoms with E-state index in [0.717, 1.165) is 26.1 Å². The van der Waals surface area contributed by atoms with Gasteiger partial charge >= 0.3 is 0 Å². The molecule has 0 aromatic rings. The number of hydrogen-bond acceptors (Lipinski definition) is 3. The molecule has 1 heterocycles. The predicted octanol–water partition coefficient (Wildman–Crippen LogP) is 1.22. The van der Waals surface area contributed by atoms with E-state index in [-0.39, 0.29) is 6.10 Å². The van der Waals surface area contributed by atoms with Gasteiger partial charge in [0.05, 0.1) is 6.10 Å². The number of aliphatic hydroxyl groups excluding tert-OH is 1. The summed E-state index contributed by atoms with van der Waals surface area (Å²) in [6, 6.07) is 0. The average Bonchev–Trinajstić information content (AvgIpc) is 2.47. The minimum Gasteiger partial charge on any atom is -0.390 e. The highest BCUT2D eigenvalue weighted by molar-refractivity contribution is 4.69. The molecule has 90 valence electrons. The van der Waals surface area contributed by atoms with Gasteiger partial charge in [0.1, 0.15) is 0 Å². The van der Waals surface area contributed by atoms with Crippen molar-refractivity contribution in [1.29, 1.82) is 0 Å². The van der Waals surface area contributed by atoms with Crippen LogP contribution in [0.25, 0.3) is 0 Å². The van der Waals surface area contributed by atoms with Crippen LogP contribution in [0, 0.1) is 0 Å². The smallest absolute Gasteiger partial charge is 0.0791 e. The Morgan fingerprint density at radius 3 is 2.47 bits per heavy atom. The molecule has 0 amide bonds. The van der Waals surface area contributed by atoms with Gasteiger partial charge in [-0.25, -0.2) is 0 Å². The van der Waals surface area contributed by atoms with E-state index < -0.39 is 0 Å². The summed E-state index contributed by atoms with van der Waals surface area (Å²) in [6.45, 7) is 7.09. The number of nitrogens with one attached hydrogen (secondary N) is 1. The van der Waals surface area contributed by atoms with Gasteiger partial charge in [-0.3, -0.25) is 0 Å². The van der Waals surface area contributed by atoms with Crippen LogP contribution in [-0.4, -0.2) is 48.8 Å². The van der Waals surface area contributed by atoms with Crippen LogP contribution in [-0.2, 0) is 0 Å². The maximum Gasteiger partial charge on any atom is 0.0791 e. The Balaban J connectivity index is 2.09. The second-order valence-corrected chi connectivity index (χ2v) is 4.57. The number of β-amino-alcohol motifs (C(OH)–C–C–N with tert-alkyl or cyclic N) is 1. The van der Waals surface area contributed by atoms with Crippen molar-refractivity contribution < 1.29 is 5.11 Å². The second-order valence-electron chi connectivity index (χ2n) is 4.57. The molecule has 1 rings (SSSR count). The Morgan fingerprint density at radius 2 is 1.87 bits per heavy atom. The van der Waals surface area contributed by atoms with Gasteiger partial charge in [-0.2, -0.15) is 0 Å². The van der Waals surface area contributed by atoms with Gasteiger partial charge in [0.2, 0.25) is 0 Å². The summed E-state index contributed by atoms with van der Waals surface area (Å²) in [5.74, 6) is 0. The lowest BCUT2D eigenvalue weighted by molar-refractivity contribution is 0.113. The first-order valence-electron chi connectivity index (χ1n) is 6.44. The second kappa shape index (κ2) is 8.08. The molecule has 1 fully saturated rings. The lowest BCUT2D eigenvalue weighted by atomic mass is 10.2. The summed E-state index contributed by atoms with van der Waals surface area (Å²) < 4.78 is 0. The average molecular weight is 214 g/mol. The van der Waals surface area contributed by atoms with Crippen LogP contribution in [0.1, 0.15) is 39.0 Å². The van der Waals surface area contributed by atoms with E-state index in [1.54, 1.807) is 0 Å². The number of hydrogen-bond donors (Lipinski definition) is 2. The number of likely N-dealkylation sites (tertiary alicyclic amines) is 1. The first-order chi connectivity index (χ1) is 7.33. The SMILES string of the molecule is CCCNCC(O)CN1CCCCCC1. The van der Waals surface area contributed by atoms with Gasteiger partial charge in [0.15, 0.2) is 0 Å². The Kier molecular flexibility index (Phi) is 6.98. The van der Waals surface area contributed by atoms with Crippen molar-refractivity contribution in [3.63, 3.8) is 0 Å². The molecule has 0 aromatic carbocycles. The van der Waals surface area contributed by atoms with Crippen molar-refractivity contribution >= 4 is 0 Å². The molecule has 0 bridgehead atoms. The summed E-state index contributed by atoms with van der Waals surface area (Å²) >= 11 is 0. The van der Waals surface area contributed by atoms with Crippen LogP contribution in [0.2, 0.25) is 0 Å². The molecule has 2 N–H and O–H groups in total. The van der Waals surface area contributed by atoms with Crippen LogP contribution in [0.3, 0.4) is 0 Å². The minimum atomic E-state index is -0.199. The van der Waals surface area contributed by atoms with Crippen molar-refractivity contribution in [2.24, 2.45) is 0 Å². The highest BCUT2D eigenvalue weighted by atomic mass is 16.3. The molecule has 0 saturated carbocycles. The molecule has 0 aliphatic carbocycles. The number of aliphatic hydroxyl groups is 1. The number of rotatable bonds is 6. The van der Waals surface area contributed by atoms with Crippen LogP contribution < -0.4 is 5.32 Å². The summed E-state index contributed by atoms with van der Waals surface area (Å²) in [4.78, 5) is 2.41. The Bertz CT molecular complexity index is 145. The highest BCUT2D eigenvalue weighted by Crippen LogP contribution is 2.09. The lowest BCUT2D eigenvalue weighted by Gasteiger charge is -2.23. The van der Waals surface area contributed by atoms with Crippen LogP contribution in [0.15, 0.2) is 0 Å². The molecule has 0 aromatic heterocycles. The first-order valence-corrected chi connectivity index (χ1v) is 6.44. The Labute approximate surface area is 93.9 Å². The lowest BCUT2D eigenvalue weighted by Crippen LogP contribution is -2.39. The molecule has 0 radical (unpaired) electrons. The van der Waals surface area contributed by atoms with E-state index in [4.69, 9.17) is 0 Å². The van der Waals surface area contributed by atoms with Crippen LogP contribution in [0.5, 0.6) is 0 Å². The fourth-order valence-electron chi connectivity index (χ4n) is 2.13. The van der Waals surface area contributed by atoms with E-state index in [9.17, 15) is 5.11 Å². The molecule has 3 heteroatoms. The van der Waals surface area contributed by atoms with E-state index in [1.165, 1.54) is 38.8 Å². The van der Waals surface area contributed by atoms with Gasteiger partial charge in [0, 0.05) is 13.1 Å². The van der Waals surface area contributed by atoms with Crippen molar-refractivity contribution in [1.82, 2.24) is 10.2 Å². The summed E-state index contributed by atoms with van der Waals surface area (Å²) in [5, 5.41) is 13.1. The molecule has 1 saturated heterocycles. The zero-order chi connectivity index (χ0) is 10.9. The minimum absolute atomic E-state index is 0.199. The van der Waals surface area contributed by atoms with E-state index >= 15 is 0 Å². The maximum atomic E-state index is 9.82. The van der Waals surface area contributed by atoms with Crippen molar-refractivity contribution in [2.45, 2.75) is 45.1 Å². The van der Waals surface area contributed by atoms with Crippen LogP contribution >= 0.6 is 0 Å². The van der Waals surface area contributed by atoms with Crippen LogP contribution in [0.4, 0.5) is 0 Å². The van der Waals surface area contributed by atoms with Gasteiger partial charge in [-0.15, -0.1) is 0 Å². The third-order valence-electron chi connectivity index (χ3n) is 2.97. The number of nitrogens with zero attached hydrogens (tertiary/aromatic N) is 1. The van der Waals surface area contributed by atoms with Crippen molar-refractivity contribution in [3.05, 3.63) is 0 Å². The Hall–Kier alpha value is -0.120. The molecule has 15 heavy (non-hydrogen) atoms. The first kappa shape index (κ1) is 12.9. The van der Waals surface area contributed by atoms with E-state index in [2.05, 4.69) is 17.1 Å². The molecule has 0 spiro atoms. The van der Waals surface area contributed by atoms with Gasteiger partial charge in [0.25, 0.3) is 0 Å². The quantitative estimate of drug-likeness (QED) is 0.653. The van der Waals surface area contributed by atoms with Gasteiger partial charge in [-0.05, 0) is 38.9 Å². The van der Waals surface area contributed by atoms with Gasteiger partial charge < -0.3 is 15.3 Å². The van der Waals surface area contributed by atoms with E-state index in [1.807, 2.05) is 0 Å². The summed E-state index contributed by atoms with van der Waals surface area (Å²) in [6.07, 6.45) is 6.26. The highest BCUT2D eigenvalue weighted by Gasteiger charge is 2.12. The molecule has 1 aliphatic heterocycles. The predicted molar refractivity (Wildman–Crippen MR) is 64.1 cm³/mol. The summed E-state index contributed by atoms with van der Waals surface area (Å²) in [5.41, 5.74) is 0. The van der Waals surface area contributed by atoms with E-state index in [0.29, 0.717) is 0 Å². The fourth-order valence-corrected chi connectivity index (χ4v) is 2.13. The largest absolute Gasteiger partial charge is 0.390 e. The maximum absolute atomic E-state index is 9.82. The molecular weight excluding hydrogens is 188 g/mol.